The van der Waals surface area contributed by atoms with E-state index >= 15 is 0 Å². The largest absolute Gasteiger partial charge is 0.351 e. The van der Waals surface area contributed by atoms with E-state index in [0.29, 0.717) is 6.54 Å². The lowest BCUT2D eigenvalue weighted by Gasteiger charge is -2.31. The zero-order valence-electron chi connectivity index (χ0n) is 10.9. The fourth-order valence-electron chi connectivity index (χ4n) is 2.38. The molecular weight excluding hydrogens is 200 g/mol. The van der Waals surface area contributed by atoms with Gasteiger partial charge in [-0.15, -0.1) is 0 Å². The summed E-state index contributed by atoms with van der Waals surface area (Å²) in [4.78, 5) is 12.0. The molecule has 0 unspecified atom stereocenters. The van der Waals surface area contributed by atoms with Gasteiger partial charge in [0.15, 0.2) is 0 Å². The van der Waals surface area contributed by atoms with E-state index in [1.165, 1.54) is 12.8 Å². The molecule has 1 fully saturated rings. The maximum Gasteiger partial charge on any atom is 0.223 e. The highest BCUT2D eigenvalue weighted by Crippen LogP contribution is 2.28. The van der Waals surface area contributed by atoms with Crippen molar-refractivity contribution in [3.63, 3.8) is 0 Å². The highest BCUT2D eigenvalue weighted by Gasteiger charge is 2.28. The van der Waals surface area contributed by atoms with Gasteiger partial charge in [-0.1, -0.05) is 6.92 Å². The van der Waals surface area contributed by atoms with Gasteiger partial charge >= 0.3 is 0 Å². The molecule has 0 aromatic rings. The molecule has 1 rings (SSSR count). The molecule has 1 aliphatic rings. The van der Waals surface area contributed by atoms with E-state index in [9.17, 15) is 4.79 Å². The second-order valence-electron chi connectivity index (χ2n) is 5.87. The monoisotopic (exact) mass is 226 g/mol. The Labute approximate surface area is 99.2 Å². The first kappa shape index (κ1) is 13.5. The van der Waals surface area contributed by atoms with Crippen molar-refractivity contribution < 1.29 is 4.79 Å². The van der Waals surface area contributed by atoms with Gasteiger partial charge < -0.3 is 11.1 Å². The van der Waals surface area contributed by atoms with E-state index in [0.717, 1.165) is 25.2 Å². The Morgan fingerprint density at radius 3 is 2.38 bits per heavy atom. The molecule has 1 aliphatic carbocycles. The van der Waals surface area contributed by atoms with Gasteiger partial charge in [-0.05, 0) is 58.4 Å². The summed E-state index contributed by atoms with van der Waals surface area (Å²) in [5.74, 6) is 1.25. The predicted octanol–water partition coefficient (Wildman–Crippen LogP) is 2.06. The fraction of sp³-hybridized carbons (Fsp3) is 0.923. The van der Waals surface area contributed by atoms with Gasteiger partial charge in [-0.3, -0.25) is 4.79 Å². The van der Waals surface area contributed by atoms with Crippen LogP contribution in [0.25, 0.3) is 0 Å². The minimum absolute atomic E-state index is 0.158. The fourth-order valence-corrected chi connectivity index (χ4v) is 2.38. The van der Waals surface area contributed by atoms with Crippen LogP contribution >= 0.6 is 0 Å². The van der Waals surface area contributed by atoms with E-state index in [4.69, 9.17) is 5.73 Å². The number of nitrogens with two attached hydrogens (primary N) is 1. The lowest BCUT2D eigenvalue weighted by atomic mass is 9.82. The van der Waals surface area contributed by atoms with Crippen molar-refractivity contribution in [2.45, 2.75) is 58.4 Å². The molecule has 94 valence electrons. The van der Waals surface area contributed by atoms with Crippen molar-refractivity contribution in [3.8, 4) is 0 Å². The van der Waals surface area contributed by atoms with Crippen LogP contribution in [0.1, 0.15) is 52.9 Å². The Morgan fingerprint density at radius 2 is 1.88 bits per heavy atom. The molecule has 0 atom stereocenters. The highest BCUT2D eigenvalue weighted by molar-refractivity contribution is 5.79. The SMILES string of the molecule is CC1CCC(C(=O)NC(C)(C)CCN)CC1. The molecular formula is C13H26N2O. The highest BCUT2D eigenvalue weighted by atomic mass is 16.2. The number of amides is 1. The minimum Gasteiger partial charge on any atom is -0.351 e. The van der Waals surface area contributed by atoms with Gasteiger partial charge in [-0.25, -0.2) is 0 Å². The zero-order valence-corrected chi connectivity index (χ0v) is 10.9. The molecule has 0 radical (unpaired) electrons. The summed E-state index contributed by atoms with van der Waals surface area (Å²) in [5, 5.41) is 3.12. The molecule has 0 spiro atoms. The molecule has 1 saturated carbocycles. The number of hydrogen-bond acceptors (Lipinski definition) is 2. The van der Waals surface area contributed by atoms with Crippen molar-refractivity contribution in [2.75, 3.05) is 6.54 Å². The maximum atomic E-state index is 12.0. The summed E-state index contributed by atoms with van der Waals surface area (Å²) in [6, 6.07) is 0. The van der Waals surface area contributed by atoms with Crippen molar-refractivity contribution in [1.82, 2.24) is 5.32 Å². The third kappa shape index (κ3) is 4.12. The Balaban J connectivity index is 2.40. The lowest BCUT2D eigenvalue weighted by Crippen LogP contribution is -2.47. The van der Waals surface area contributed by atoms with E-state index in [1.807, 2.05) is 13.8 Å². The summed E-state index contributed by atoms with van der Waals surface area (Å²) < 4.78 is 0. The predicted molar refractivity (Wildman–Crippen MR) is 67.0 cm³/mol. The van der Waals surface area contributed by atoms with E-state index in [2.05, 4.69) is 12.2 Å². The smallest absolute Gasteiger partial charge is 0.223 e. The number of carbonyl (C=O) groups is 1. The maximum absolute atomic E-state index is 12.0. The lowest BCUT2D eigenvalue weighted by molar-refractivity contribution is -0.127. The van der Waals surface area contributed by atoms with Crippen LogP contribution in [0.5, 0.6) is 0 Å². The average molecular weight is 226 g/mol. The summed E-state index contributed by atoms with van der Waals surface area (Å²) in [6.07, 6.45) is 5.31. The first-order valence-corrected chi connectivity index (χ1v) is 6.46. The molecule has 0 heterocycles. The molecule has 3 heteroatoms. The zero-order chi connectivity index (χ0) is 12.2. The van der Waals surface area contributed by atoms with Crippen LogP contribution in [-0.4, -0.2) is 18.0 Å². The van der Waals surface area contributed by atoms with Gasteiger partial charge in [0.25, 0.3) is 0 Å². The van der Waals surface area contributed by atoms with Crippen LogP contribution < -0.4 is 11.1 Å². The van der Waals surface area contributed by atoms with E-state index < -0.39 is 0 Å². The Kier molecular flexibility index (Phi) is 4.78. The topological polar surface area (TPSA) is 55.1 Å². The summed E-state index contributed by atoms with van der Waals surface area (Å²) in [5.41, 5.74) is 5.38. The van der Waals surface area contributed by atoms with Crippen LogP contribution in [-0.2, 0) is 4.79 Å². The van der Waals surface area contributed by atoms with Crippen molar-refractivity contribution >= 4 is 5.91 Å². The van der Waals surface area contributed by atoms with Gasteiger partial charge in [0.05, 0.1) is 0 Å². The van der Waals surface area contributed by atoms with Crippen molar-refractivity contribution in [2.24, 2.45) is 17.6 Å². The van der Waals surface area contributed by atoms with Gasteiger partial charge in [0.2, 0.25) is 5.91 Å². The molecule has 0 saturated heterocycles. The summed E-state index contributed by atoms with van der Waals surface area (Å²) in [6.45, 7) is 6.98. The average Bonchev–Trinajstić information content (AvgIpc) is 2.17. The first-order valence-electron chi connectivity index (χ1n) is 6.46. The summed E-state index contributed by atoms with van der Waals surface area (Å²) >= 11 is 0. The molecule has 3 nitrogen and oxygen atoms in total. The minimum atomic E-state index is -0.158. The summed E-state index contributed by atoms with van der Waals surface area (Å²) in [7, 11) is 0. The van der Waals surface area contributed by atoms with Crippen molar-refractivity contribution in [1.29, 1.82) is 0 Å². The van der Waals surface area contributed by atoms with Crippen LogP contribution in [0, 0.1) is 11.8 Å². The Morgan fingerprint density at radius 1 is 1.31 bits per heavy atom. The van der Waals surface area contributed by atoms with Crippen molar-refractivity contribution in [3.05, 3.63) is 0 Å². The molecule has 0 aromatic carbocycles. The van der Waals surface area contributed by atoms with Crippen LogP contribution in [0.4, 0.5) is 0 Å². The first-order chi connectivity index (χ1) is 7.44. The van der Waals surface area contributed by atoms with Gasteiger partial charge in [0, 0.05) is 11.5 Å². The number of carbonyl (C=O) groups excluding carboxylic acids is 1. The number of nitrogens with one attached hydrogen (secondary N) is 1. The molecule has 0 bridgehead atoms. The second-order valence-corrected chi connectivity index (χ2v) is 5.87. The van der Waals surface area contributed by atoms with Crippen LogP contribution in [0.15, 0.2) is 0 Å². The third-order valence-electron chi connectivity index (χ3n) is 3.62. The third-order valence-corrected chi connectivity index (χ3v) is 3.62. The molecule has 0 aliphatic heterocycles. The second kappa shape index (κ2) is 5.67. The number of hydrogen-bond donors (Lipinski definition) is 2. The van der Waals surface area contributed by atoms with Gasteiger partial charge in [0.1, 0.15) is 0 Å². The van der Waals surface area contributed by atoms with E-state index in [1.54, 1.807) is 0 Å². The van der Waals surface area contributed by atoms with E-state index in [-0.39, 0.29) is 17.4 Å². The molecule has 3 N–H and O–H groups in total. The molecule has 0 aromatic heterocycles. The molecule has 16 heavy (non-hydrogen) atoms. The Hall–Kier alpha value is -0.570. The standard InChI is InChI=1S/C13H26N2O/c1-10-4-6-11(7-5-10)12(16)15-13(2,3)8-9-14/h10-11H,4-9,14H2,1-3H3,(H,15,16). The molecule has 1 amide bonds. The van der Waals surface area contributed by atoms with Gasteiger partial charge in [-0.2, -0.15) is 0 Å². The quantitative estimate of drug-likeness (QED) is 0.771. The normalized spacial score (nSPS) is 26.5. The van der Waals surface area contributed by atoms with Crippen LogP contribution in [0.3, 0.4) is 0 Å². The Bertz CT molecular complexity index is 230. The van der Waals surface area contributed by atoms with Crippen LogP contribution in [0.2, 0.25) is 0 Å². The number of rotatable bonds is 4.